The molecule has 0 saturated heterocycles. The molecule has 0 aromatic carbocycles. The molecular formula is C10H8BrClN2O2. The zero-order valence-corrected chi connectivity index (χ0v) is 10.7. The second kappa shape index (κ2) is 4.43. The molecule has 0 spiro atoms. The van der Waals surface area contributed by atoms with Gasteiger partial charge in [-0.05, 0) is 28.9 Å². The van der Waals surface area contributed by atoms with Gasteiger partial charge in [-0.1, -0.05) is 11.6 Å². The van der Waals surface area contributed by atoms with Crippen molar-refractivity contribution in [3.8, 4) is 0 Å². The molecule has 0 saturated carbocycles. The van der Waals surface area contributed by atoms with Gasteiger partial charge >= 0.3 is 5.97 Å². The van der Waals surface area contributed by atoms with Gasteiger partial charge in [0.1, 0.15) is 5.56 Å². The Bertz CT molecular complexity index is 553. The third-order valence-corrected chi connectivity index (χ3v) is 3.23. The number of carbonyl (C=O) groups is 1. The fourth-order valence-corrected chi connectivity index (χ4v) is 1.80. The Kier molecular flexibility index (Phi) is 3.16. The van der Waals surface area contributed by atoms with Crippen molar-refractivity contribution in [2.45, 2.75) is 6.92 Å². The number of ether oxygens (including phenoxy) is 1. The number of halogens is 2. The molecule has 4 nitrogen and oxygen atoms in total. The number of pyridine rings is 1. The fourth-order valence-electron chi connectivity index (χ4n) is 1.34. The number of fused-ring (bicyclic) bond motifs is 1. The van der Waals surface area contributed by atoms with Gasteiger partial charge in [-0.15, -0.1) is 0 Å². The molecule has 2 aromatic rings. The Labute approximate surface area is 105 Å². The van der Waals surface area contributed by atoms with Gasteiger partial charge in [0, 0.05) is 6.20 Å². The van der Waals surface area contributed by atoms with Crippen LogP contribution >= 0.6 is 27.5 Å². The molecule has 0 N–H and O–H groups in total. The molecule has 2 aromatic heterocycles. The summed E-state index contributed by atoms with van der Waals surface area (Å²) in [5.74, 6) is -0.393. The van der Waals surface area contributed by atoms with E-state index in [0.29, 0.717) is 22.7 Å². The van der Waals surface area contributed by atoms with Crippen molar-refractivity contribution in [2.75, 3.05) is 6.61 Å². The standard InChI is InChI=1S/C10H8BrClN2O2/c1-2-16-10(15)6-4-13-14-5-7(11)8(12)3-9(6)14/h3-5H,2H2,1H3. The summed E-state index contributed by atoms with van der Waals surface area (Å²) < 4.78 is 7.21. The Morgan fingerprint density at radius 3 is 3.12 bits per heavy atom. The summed E-state index contributed by atoms with van der Waals surface area (Å²) in [6, 6.07) is 1.67. The lowest BCUT2D eigenvalue weighted by Crippen LogP contribution is -2.03. The molecule has 0 atom stereocenters. The molecule has 2 heterocycles. The fraction of sp³-hybridized carbons (Fsp3) is 0.200. The number of esters is 1. The molecule has 0 fully saturated rings. The maximum absolute atomic E-state index is 11.6. The molecule has 0 aliphatic heterocycles. The van der Waals surface area contributed by atoms with Gasteiger partial charge in [-0.3, -0.25) is 0 Å². The van der Waals surface area contributed by atoms with Crippen molar-refractivity contribution in [1.82, 2.24) is 9.61 Å². The van der Waals surface area contributed by atoms with Crippen LogP contribution in [0.15, 0.2) is 22.9 Å². The second-order valence-corrected chi connectivity index (χ2v) is 4.34. The lowest BCUT2D eigenvalue weighted by atomic mass is 10.2. The third kappa shape index (κ3) is 1.92. The van der Waals surface area contributed by atoms with Crippen LogP contribution < -0.4 is 0 Å². The van der Waals surface area contributed by atoms with E-state index in [4.69, 9.17) is 16.3 Å². The van der Waals surface area contributed by atoms with Gasteiger partial charge < -0.3 is 4.74 Å². The van der Waals surface area contributed by atoms with Crippen LogP contribution in [0.25, 0.3) is 5.52 Å². The first kappa shape index (κ1) is 11.4. The van der Waals surface area contributed by atoms with Crippen LogP contribution in [0.3, 0.4) is 0 Å². The van der Waals surface area contributed by atoms with Crippen molar-refractivity contribution in [3.05, 3.63) is 33.5 Å². The summed E-state index contributed by atoms with van der Waals surface area (Å²) in [4.78, 5) is 11.6. The third-order valence-electron chi connectivity index (χ3n) is 2.06. The average Bonchev–Trinajstić information content (AvgIpc) is 2.62. The molecule has 0 amide bonds. The van der Waals surface area contributed by atoms with Crippen LogP contribution in [-0.4, -0.2) is 22.2 Å². The summed E-state index contributed by atoms with van der Waals surface area (Å²) >= 11 is 9.24. The minimum Gasteiger partial charge on any atom is -0.462 e. The lowest BCUT2D eigenvalue weighted by Gasteiger charge is -2.01. The maximum Gasteiger partial charge on any atom is 0.341 e. The van der Waals surface area contributed by atoms with Gasteiger partial charge in [0.15, 0.2) is 0 Å². The van der Waals surface area contributed by atoms with Crippen LogP contribution in [0.1, 0.15) is 17.3 Å². The van der Waals surface area contributed by atoms with E-state index in [0.717, 1.165) is 4.47 Å². The van der Waals surface area contributed by atoms with E-state index in [1.807, 2.05) is 0 Å². The number of rotatable bonds is 2. The number of hydrogen-bond acceptors (Lipinski definition) is 3. The monoisotopic (exact) mass is 302 g/mol. The highest BCUT2D eigenvalue weighted by molar-refractivity contribution is 9.10. The highest BCUT2D eigenvalue weighted by Crippen LogP contribution is 2.25. The van der Waals surface area contributed by atoms with Gasteiger partial charge in [0.2, 0.25) is 0 Å². The molecule has 16 heavy (non-hydrogen) atoms. The lowest BCUT2D eigenvalue weighted by molar-refractivity contribution is 0.0528. The summed E-state index contributed by atoms with van der Waals surface area (Å²) in [6.07, 6.45) is 3.16. The number of aromatic nitrogens is 2. The molecule has 0 aliphatic carbocycles. The van der Waals surface area contributed by atoms with Crippen molar-refractivity contribution in [3.63, 3.8) is 0 Å². The number of carbonyl (C=O) groups excluding carboxylic acids is 1. The highest BCUT2D eigenvalue weighted by Gasteiger charge is 2.14. The first-order valence-corrected chi connectivity index (χ1v) is 5.80. The Balaban J connectivity index is 2.56. The normalized spacial score (nSPS) is 10.7. The zero-order chi connectivity index (χ0) is 11.7. The molecule has 0 unspecified atom stereocenters. The molecule has 2 rings (SSSR count). The molecule has 0 radical (unpaired) electrons. The number of hydrogen-bond donors (Lipinski definition) is 0. The summed E-state index contributed by atoms with van der Waals surface area (Å²) in [5.41, 5.74) is 1.04. The first-order chi connectivity index (χ1) is 7.63. The Hall–Kier alpha value is -1.07. The predicted octanol–water partition coefficient (Wildman–Crippen LogP) is 2.93. The van der Waals surface area contributed by atoms with E-state index in [-0.39, 0.29) is 0 Å². The topological polar surface area (TPSA) is 43.6 Å². The molecule has 84 valence electrons. The van der Waals surface area contributed by atoms with Crippen molar-refractivity contribution in [2.24, 2.45) is 0 Å². The van der Waals surface area contributed by atoms with Gasteiger partial charge in [0.25, 0.3) is 0 Å². The van der Waals surface area contributed by atoms with Crippen LogP contribution in [0.4, 0.5) is 0 Å². The summed E-state index contributed by atoms with van der Waals surface area (Å²) in [7, 11) is 0. The smallest absolute Gasteiger partial charge is 0.341 e. The molecule has 0 aliphatic rings. The highest BCUT2D eigenvalue weighted by atomic mass is 79.9. The summed E-state index contributed by atoms with van der Waals surface area (Å²) in [6.45, 7) is 2.09. The van der Waals surface area contributed by atoms with E-state index in [9.17, 15) is 4.79 Å². The summed E-state index contributed by atoms with van der Waals surface area (Å²) in [5, 5.41) is 4.58. The first-order valence-electron chi connectivity index (χ1n) is 4.63. The van der Waals surface area contributed by atoms with Gasteiger partial charge in [-0.25, -0.2) is 9.31 Å². The number of nitrogens with zero attached hydrogens (tertiary/aromatic N) is 2. The minimum absolute atomic E-state index is 0.334. The maximum atomic E-state index is 11.6. The molecule has 0 bridgehead atoms. The minimum atomic E-state index is -0.393. The molecular weight excluding hydrogens is 295 g/mol. The van der Waals surface area contributed by atoms with E-state index in [1.54, 1.807) is 23.7 Å². The Morgan fingerprint density at radius 2 is 2.44 bits per heavy atom. The van der Waals surface area contributed by atoms with Gasteiger partial charge in [-0.2, -0.15) is 5.10 Å². The average molecular weight is 304 g/mol. The second-order valence-electron chi connectivity index (χ2n) is 3.08. The quantitative estimate of drug-likeness (QED) is 0.801. The largest absolute Gasteiger partial charge is 0.462 e. The van der Waals surface area contributed by atoms with Crippen LogP contribution in [0.2, 0.25) is 5.02 Å². The van der Waals surface area contributed by atoms with Crippen LogP contribution in [0, 0.1) is 0 Å². The molecule has 6 heteroatoms. The van der Waals surface area contributed by atoms with Crippen molar-refractivity contribution < 1.29 is 9.53 Å². The van der Waals surface area contributed by atoms with E-state index >= 15 is 0 Å². The van der Waals surface area contributed by atoms with E-state index in [2.05, 4.69) is 21.0 Å². The van der Waals surface area contributed by atoms with E-state index < -0.39 is 5.97 Å². The SMILES string of the molecule is CCOC(=O)c1cnn2cc(Br)c(Cl)cc12. The van der Waals surface area contributed by atoms with Crippen molar-refractivity contribution >= 4 is 39.0 Å². The van der Waals surface area contributed by atoms with Crippen LogP contribution in [-0.2, 0) is 4.74 Å². The van der Waals surface area contributed by atoms with Gasteiger partial charge in [0.05, 0.1) is 27.8 Å². The Morgan fingerprint density at radius 1 is 1.69 bits per heavy atom. The van der Waals surface area contributed by atoms with Crippen molar-refractivity contribution in [1.29, 1.82) is 0 Å². The van der Waals surface area contributed by atoms with E-state index in [1.165, 1.54) is 6.20 Å². The van der Waals surface area contributed by atoms with Crippen LogP contribution in [0.5, 0.6) is 0 Å². The zero-order valence-electron chi connectivity index (χ0n) is 8.41. The predicted molar refractivity (Wildman–Crippen MR) is 63.9 cm³/mol.